The Morgan fingerprint density at radius 2 is 2.02 bits per heavy atom. The van der Waals surface area contributed by atoms with Crippen LogP contribution in [0.2, 0.25) is 0 Å². The molecule has 7 heteroatoms. The van der Waals surface area contributed by atoms with E-state index in [1.54, 1.807) is 0 Å². The fraction of sp³-hybridized carbons (Fsp3) is 0.606. The third-order valence-corrected chi connectivity index (χ3v) is 12.0. The minimum absolute atomic E-state index is 0.0404. The highest BCUT2D eigenvalue weighted by atomic mass is 16.6. The van der Waals surface area contributed by atoms with Gasteiger partial charge in [0.05, 0.1) is 6.04 Å². The number of rotatable bonds is 8. The molecule has 2 aliphatic heterocycles. The molecule has 5 fully saturated rings. The van der Waals surface area contributed by atoms with Crippen LogP contribution >= 0.6 is 0 Å². The van der Waals surface area contributed by atoms with Crippen LogP contribution in [0.5, 0.6) is 11.5 Å². The van der Waals surface area contributed by atoms with Gasteiger partial charge in [-0.05, 0) is 81.0 Å². The molecule has 7 nitrogen and oxygen atoms in total. The van der Waals surface area contributed by atoms with E-state index in [-0.39, 0.29) is 34.5 Å². The van der Waals surface area contributed by atoms with Crippen molar-refractivity contribution < 1.29 is 19.4 Å². The minimum Gasteiger partial charge on any atom is -0.504 e. The van der Waals surface area contributed by atoms with E-state index >= 15 is 0 Å². The van der Waals surface area contributed by atoms with Crippen LogP contribution in [0.15, 0.2) is 42.5 Å². The number of nitrogens with one attached hydrogen (secondary N) is 1. The van der Waals surface area contributed by atoms with Gasteiger partial charge in [0.25, 0.3) is 0 Å². The summed E-state index contributed by atoms with van der Waals surface area (Å²) in [5, 5.41) is 14.3. The predicted molar refractivity (Wildman–Crippen MR) is 151 cm³/mol. The van der Waals surface area contributed by atoms with Crippen LogP contribution in [0.25, 0.3) is 0 Å². The van der Waals surface area contributed by atoms with E-state index in [9.17, 15) is 9.90 Å². The molecule has 1 amide bonds. The normalized spacial score (nSPS) is 37.5. The van der Waals surface area contributed by atoms with Crippen molar-refractivity contribution in [1.82, 2.24) is 10.2 Å². The van der Waals surface area contributed by atoms with Gasteiger partial charge in [0.2, 0.25) is 5.91 Å². The number of nitrogens with two attached hydrogens (primary N) is 1. The summed E-state index contributed by atoms with van der Waals surface area (Å²) in [5.74, 6) is 1.78. The molecule has 40 heavy (non-hydrogen) atoms. The molecule has 4 N–H and O–H groups in total. The zero-order valence-electron chi connectivity index (χ0n) is 23.4. The van der Waals surface area contributed by atoms with Gasteiger partial charge < -0.3 is 25.6 Å². The number of fused-ring (bicyclic) bond motifs is 2. The monoisotopic (exact) mass is 543 g/mol. The summed E-state index contributed by atoms with van der Waals surface area (Å²) >= 11 is 0. The van der Waals surface area contributed by atoms with Gasteiger partial charge >= 0.3 is 0 Å². The zero-order chi connectivity index (χ0) is 27.3. The van der Waals surface area contributed by atoms with Crippen LogP contribution in [-0.4, -0.2) is 66.4 Å². The van der Waals surface area contributed by atoms with Gasteiger partial charge in [0.15, 0.2) is 11.5 Å². The van der Waals surface area contributed by atoms with Gasteiger partial charge in [-0.25, -0.2) is 0 Å². The Kier molecular flexibility index (Phi) is 5.46. The SMILES string of the molecule is COC12CC[C@@]3(C[C@@H]1CNC(=O)[C@@H](N)Cc1ccccc1)[C@H]1Cc4ccc(O)c5c4[C@@]3(CCN1CC1CC1)C2O5. The van der Waals surface area contributed by atoms with Crippen molar-refractivity contribution in [2.24, 2.45) is 23.0 Å². The van der Waals surface area contributed by atoms with Gasteiger partial charge in [-0.3, -0.25) is 9.69 Å². The second-order valence-electron chi connectivity index (χ2n) is 13.6. The second kappa shape index (κ2) is 8.70. The highest BCUT2D eigenvalue weighted by Crippen LogP contribution is 2.76. The summed E-state index contributed by atoms with van der Waals surface area (Å²) in [6.07, 6.45) is 8.10. The van der Waals surface area contributed by atoms with E-state index in [0.29, 0.717) is 24.8 Å². The molecule has 212 valence electrons. The van der Waals surface area contributed by atoms with Gasteiger partial charge in [-0.15, -0.1) is 0 Å². The van der Waals surface area contributed by atoms with Crippen LogP contribution in [0.4, 0.5) is 0 Å². The number of benzene rings is 2. The van der Waals surface area contributed by atoms with Gasteiger partial charge in [0, 0.05) is 48.6 Å². The number of nitrogens with zero attached hydrogens (tertiary/aromatic N) is 1. The predicted octanol–water partition coefficient (Wildman–Crippen LogP) is 3.30. The Labute approximate surface area is 236 Å². The van der Waals surface area contributed by atoms with E-state index < -0.39 is 11.6 Å². The van der Waals surface area contributed by atoms with Gasteiger partial charge in [0.1, 0.15) is 11.7 Å². The molecule has 4 bridgehead atoms. The molecule has 0 radical (unpaired) electrons. The summed E-state index contributed by atoms with van der Waals surface area (Å²) in [4.78, 5) is 16.0. The number of carbonyl (C=O) groups excluding carboxylic acids is 1. The number of amides is 1. The van der Waals surface area contributed by atoms with E-state index in [1.165, 1.54) is 30.5 Å². The minimum atomic E-state index is -0.597. The van der Waals surface area contributed by atoms with Crippen molar-refractivity contribution in [3.05, 3.63) is 59.2 Å². The Balaban J connectivity index is 1.14. The van der Waals surface area contributed by atoms with Gasteiger partial charge in [-0.1, -0.05) is 36.4 Å². The van der Waals surface area contributed by atoms with Crippen molar-refractivity contribution in [2.45, 2.75) is 80.6 Å². The number of aromatic hydroxyl groups is 1. The van der Waals surface area contributed by atoms with Crippen LogP contribution in [0, 0.1) is 17.3 Å². The maximum atomic E-state index is 13.2. The third kappa shape index (κ3) is 3.20. The van der Waals surface area contributed by atoms with Gasteiger partial charge in [-0.2, -0.15) is 0 Å². The van der Waals surface area contributed by atoms with Crippen LogP contribution < -0.4 is 15.8 Å². The molecule has 9 rings (SSSR count). The summed E-state index contributed by atoms with van der Waals surface area (Å²) in [7, 11) is 1.82. The Hall–Kier alpha value is -2.61. The highest BCUT2D eigenvalue weighted by molar-refractivity contribution is 5.81. The molecule has 7 atom stereocenters. The Morgan fingerprint density at radius 3 is 2.80 bits per heavy atom. The number of likely N-dealkylation sites (tertiary alicyclic amines) is 1. The van der Waals surface area contributed by atoms with Crippen LogP contribution in [0.3, 0.4) is 0 Å². The summed E-state index contributed by atoms with van der Waals surface area (Å²) in [6, 6.07) is 13.8. The van der Waals surface area contributed by atoms with Crippen LogP contribution in [0.1, 0.15) is 55.2 Å². The quantitative estimate of drug-likeness (QED) is 0.473. The number of ether oxygens (including phenoxy) is 2. The Bertz CT molecular complexity index is 1350. The number of methoxy groups -OCH3 is 1. The standard InChI is InChI=1S/C33H41N3O4/c1-39-33-12-11-31(17-23(33)18-35-29(38)24(34)15-20-5-3-2-4-6-20)26-16-22-9-10-25(37)28-27(22)32(31,30(33)40-28)13-14-36(26)19-21-7-8-21/h2-6,9-10,21,23-24,26,30,37H,7-8,11-19,34H2,1H3,(H,35,38)/t23-,24+,26-,30?,31-,32+,33?/m1/s1. The Morgan fingerprint density at radius 1 is 1.20 bits per heavy atom. The molecule has 5 aliphatic carbocycles. The number of phenolic OH excluding ortho intramolecular Hbond substituents is 1. The largest absolute Gasteiger partial charge is 0.504 e. The lowest BCUT2D eigenvalue weighted by Crippen LogP contribution is -2.81. The van der Waals surface area contributed by atoms with Crippen molar-refractivity contribution in [2.75, 3.05) is 26.7 Å². The molecule has 2 spiro atoms. The third-order valence-electron chi connectivity index (χ3n) is 12.0. The zero-order valence-corrected chi connectivity index (χ0v) is 23.4. The molecule has 2 aromatic carbocycles. The number of piperidine rings is 1. The fourth-order valence-corrected chi connectivity index (χ4v) is 10.1. The average molecular weight is 544 g/mol. The van der Waals surface area contributed by atoms with E-state index in [2.05, 4.69) is 16.3 Å². The molecule has 0 aromatic heterocycles. The average Bonchev–Trinajstić information content (AvgIpc) is 3.71. The fourth-order valence-electron chi connectivity index (χ4n) is 10.1. The number of hydrogen-bond acceptors (Lipinski definition) is 6. The van der Waals surface area contributed by atoms with Crippen molar-refractivity contribution in [3.8, 4) is 11.5 Å². The number of carbonyl (C=O) groups is 1. The van der Waals surface area contributed by atoms with Crippen molar-refractivity contribution >= 4 is 5.91 Å². The van der Waals surface area contributed by atoms with Crippen molar-refractivity contribution in [3.63, 3.8) is 0 Å². The maximum Gasteiger partial charge on any atom is 0.237 e. The lowest BCUT2D eigenvalue weighted by Gasteiger charge is -2.74. The second-order valence-corrected chi connectivity index (χ2v) is 13.6. The molecule has 4 saturated carbocycles. The molecule has 2 heterocycles. The van der Waals surface area contributed by atoms with E-state index in [1.807, 2.05) is 43.5 Å². The van der Waals surface area contributed by atoms with Crippen molar-refractivity contribution in [1.29, 1.82) is 0 Å². The molecule has 2 aromatic rings. The first kappa shape index (κ1) is 25.1. The molecular weight excluding hydrogens is 502 g/mol. The lowest BCUT2D eigenvalue weighted by atomic mass is 9.35. The summed E-state index contributed by atoms with van der Waals surface area (Å²) in [5.41, 5.74) is 9.41. The summed E-state index contributed by atoms with van der Waals surface area (Å²) in [6.45, 7) is 2.80. The topological polar surface area (TPSA) is 97.0 Å². The van der Waals surface area contributed by atoms with E-state index in [0.717, 1.165) is 50.1 Å². The molecule has 7 aliphatic rings. The first-order valence-corrected chi connectivity index (χ1v) is 15.3. The summed E-state index contributed by atoms with van der Waals surface area (Å²) < 4.78 is 13.4. The van der Waals surface area contributed by atoms with E-state index in [4.69, 9.17) is 15.2 Å². The first-order valence-electron chi connectivity index (χ1n) is 15.3. The van der Waals surface area contributed by atoms with Crippen LogP contribution in [-0.2, 0) is 27.8 Å². The molecular formula is C33H41N3O4. The highest BCUT2D eigenvalue weighted by Gasteiger charge is 2.80. The smallest absolute Gasteiger partial charge is 0.237 e. The molecule has 1 saturated heterocycles. The maximum absolute atomic E-state index is 13.2. The molecule has 2 unspecified atom stereocenters. The lowest BCUT2D eigenvalue weighted by molar-refractivity contribution is -0.276. The number of phenols is 1. The first-order chi connectivity index (χ1) is 19.4. The number of hydrogen-bond donors (Lipinski definition) is 3.